The maximum Gasteiger partial charge on any atom is 0.227 e. The van der Waals surface area contributed by atoms with Crippen molar-refractivity contribution in [3.05, 3.63) is 17.8 Å². The van der Waals surface area contributed by atoms with E-state index in [-0.39, 0.29) is 11.8 Å². The predicted octanol–water partition coefficient (Wildman–Crippen LogP) is 2.12. The van der Waals surface area contributed by atoms with Crippen molar-refractivity contribution in [1.29, 1.82) is 0 Å². The Labute approximate surface area is 100 Å². The number of amides is 1. The van der Waals surface area contributed by atoms with E-state index in [1.165, 1.54) is 0 Å². The van der Waals surface area contributed by atoms with Crippen LogP contribution >= 0.6 is 11.6 Å². The van der Waals surface area contributed by atoms with Gasteiger partial charge in [-0.1, -0.05) is 6.92 Å². The van der Waals surface area contributed by atoms with Gasteiger partial charge in [0.15, 0.2) is 0 Å². The number of nitrogens with zero attached hydrogens (tertiary/aromatic N) is 1. The van der Waals surface area contributed by atoms with Crippen LogP contribution in [-0.2, 0) is 17.8 Å². The molecule has 0 saturated carbocycles. The third-order valence-corrected chi connectivity index (χ3v) is 2.97. The van der Waals surface area contributed by atoms with Crippen LogP contribution in [0.4, 0.5) is 0 Å². The van der Waals surface area contributed by atoms with Gasteiger partial charge in [0.05, 0.1) is 18.2 Å². The molecule has 1 aromatic heterocycles. The number of oxazole rings is 1. The lowest BCUT2D eigenvalue weighted by molar-refractivity contribution is -0.128. The second kappa shape index (κ2) is 5.34. The Morgan fingerprint density at radius 2 is 2.31 bits per heavy atom. The molecule has 1 aromatic rings. The summed E-state index contributed by atoms with van der Waals surface area (Å²) in [6, 6.07) is 0. The van der Waals surface area contributed by atoms with Gasteiger partial charge in [-0.25, -0.2) is 4.98 Å². The van der Waals surface area contributed by atoms with Crippen molar-refractivity contribution < 1.29 is 9.21 Å². The van der Waals surface area contributed by atoms with Crippen LogP contribution in [0.15, 0.2) is 10.6 Å². The molecule has 5 heteroatoms. The molecule has 0 aliphatic rings. The molecule has 1 N–H and O–H groups in total. The Kier molecular flexibility index (Phi) is 4.35. The van der Waals surface area contributed by atoms with Crippen LogP contribution in [0.3, 0.4) is 0 Å². The smallest absolute Gasteiger partial charge is 0.227 e. The molecule has 0 fully saturated rings. The lowest BCUT2D eigenvalue weighted by Gasteiger charge is -2.19. The van der Waals surface area contributed by atoms with E-state index in [9.17, 15) is 4.79 Å². The highest BCUT2D eigenvalue weighted by Crippen LogP contribution is 2.17. The fourth-order valence-corrected chi connectivity index (χ4v) is 1.17. The van der Waals surface area contributed by atoms with Crippen LogP contribution < -0.4 is 5.32 Å². The van der Waals surface area contributed by atoms with Gasteiger partial charge in [0.2, 0.25) is 11.8 Å². The number of carbonyl (C=O) groups excluding carboxylic acids is 1. The van der Waals surface area contributed by atoms with Crippen LogP contribution in [0.25, 0.3) is 0 Å². The maximum absolute atomic E-state index is 11.7. The van der Waals surface area contributed by atoms with Gasteiger partial charge < -0.3 is 9.73 Å². The van der Waals surface area contributed by atoms with Crippen LogP contribution in [-0.4, -0.2) is 16.8 Å². The molecule has 0 radical (unpaired) electrons. The summed E-state index contributed by atoms with van der Waals surface area (Å²) in [4.78, 5) is 15.7. The molecular weight excluding hydrogens is 228 g/mol. The van der Waals surface area contributed by atoms with Crippen LogP contribution in [0.5, 0.6) is 0 Å². The summed E-state index contributed by atoms with van der Waals surface area (Å²) in [5.74, 6) is 1.53. The monoisotopic (exact) mass is 244 g/mol. The normalized spacial score (nSPS) is 11.5. The Morgan fingerprint density at radius 1 is 1.62 bits per heavy atom. The zero-order valence-electron chi connectivity index (χ0n) is 9.84. The average Bonchev–Trinajstić information content (AvgIpc) is 2.73. The molecule has 0 aliphatic carbocycles. The summed E-state index contributed by atoms with van der Waals surface area (Å²) in [5.41, 5.74) is -0.568. The van der Waals surface area contributed by atoms with Gasteiger partial charge >= 0.3 is 0 Å². The SMILES string of the molecule is CCc1cnc(CNC(=O)C(C)(C)CCl)o1. The minimum absolute atomic E-state index is 0.0984. The molecule has 0 spiro atoms. The highest BCUT2D eigenvalue weighted by Gasteiger charge is 2.26. The lowest BCUT2D eigenvalue weighted by Crippen LogP contribution is -2.37. The molecule has 0 atom stereocenters. The van der Waals surface area contributed by atoms with Crippen LogP contribution in [0, 0.1) is 5.41 Å². The van der Waals surface area contributed by atoms with Crippen LogP contribution in [0.2, 0.25) is 0 Å². The van der Waals surface area contributed by atoms with E-state index in [0.717, 1.165) is 12.2 Å². The summed E-state index contributed by atoms with van der Waals surface area (Å²) < 4.78 is 5.37. The Morgan fingerprint density at radius 3 is 2.81 bits per heavy atom. The molecule has 1 rings (SSSR count). The number of halogens is 1. The van der Waals surface area contributed by atoms with Crippen molar-refractivity contribution in [1.82, 2.24) is 10.3 Å². The summed E-state index contributed by atoms with van der Waals surface area (Å²) in [7, 11) is 0. The number of alkyl halides is 1. The number of rotatable bonds is 5. The van der Waals surface area contributed by atoms with Gasteiger partial charge in [-0.05, 0) is 13.8 Å². The second-order valence-electron chi connectivity index (χ2n) is 4.27. The number of aryl methyl sites for hydroxylation is 1. The molecule has 0 bridgehead atoms. The van der Waals surface area contributed by atoms with E-state index in [4.69, 9.17) is 16.0 Å². The molecule has 0 saturated heterocycles. The number of carbonyl (C=O) groups is 1. The number of hydrogen-bond donors (Lipinski definition) is 1. The van der Waals surface area contributed by atoms with Gasteiger partial charge in [-0.3, -0.25) is 4.79 Å². The predicted molar refractivity (Wildman–Crippen MR) is 62.2 cm³/mol. The van der Waals surface area contributed by atoms with Gasteiger partial charge in [0.1, 0.15) is 5.76 Å². The van der Waals surface area contributed by atoms with E-state index in [2.05, 4.69) is 10.3 Å². The van der Waals surface area contributed by atoms with Crippen molar-refractivity contribution in [3.63, 3.8) is 0 Å². The van der Waals surface area contributed by atoms with Crippen molar-refractivity contribution >= 4 is 17.5 Å². The van der Waals surface area contributed by atoms with E-state index < -0.39 is 5.41 Å². The van der Waals surface area contributed by atoms with Gasteiger partial charge in [-0.2, -0.15) is 0 Å². The number of aromatic nitrogens is 1. The summed E-state index contributed by atoms with van der Waals surface area (Å²) >= 11 is 5.70. The first-order chi connectivity index (χ1) is 7.49. The van der Waals surface area contributed by atoms with E-state index in [1.807, 2.05) is 6.92 Å². The molecule has 0 aromatic carbocycles. The van der Waals surface area contributed by atoms with Crippen molar-refractivity contribution in [3.8, 4) is 0 Å². The second-order valence-corrected chi connectivity index (χ2v) is 4.54. The summed E-state index contributed by atoms with van der Waals surface area (Å²) in [6.45, 7) is 5.88. The fraction of sp³-hybridized carbons (Fsp3) is 0.636. The standard InChI is InChI=1S/C11H17ClN2O2/c1-4-8-5-13-9(16-8)6-14-10(15)11(2,3)7-12/h5H,4,6-7H2,1-3H3,(H,14,15). The third kappa shape index (κ3) is 3.23. The number of hydrogen-bond acceptors (Lipinski definition) is 3. The van der Waals surface area contributed by atoms with E-state index >= 15 is 0 Å². The summed E-state index contributed by atoms with van der Waals surface area (Å²) in [5, 5.41) is 2.75. The largest absolute Gasteiger partial charge is 0.444 e. The maximum atomic E-state index is 11.7. The molecule has 0 aliphatic heterocycles. The molecular formula is C11H17ClN2O2. The van der Waals surface area contributed by atoms with Crippen molar-refractivity contribution in [2.75, 3.05) is 5.88 Å². The van der Waals surface area contributed by atoms with E-state index in [0.29, 0.717) is 12.4 Å². The van der Waals surface area contributed by atoms with Crippen molar-refractivity contribution in [2.45, 2.75) is 33.7 Å². The minimum Gasteiger partial charge on any atom is -0.444 e. The first-order valence-electron chi connectivity index (χ1n) is 5.27. The molecule has 1 heterocycles. The Balaban J connectivity index is 2.49. The molecule has 16 heavy (non-hydrogen) atoms. The Hall–Kier alpha value is -1.03. The number of nitrogens with one attached hydrogen (secondary N) is 1. The van der Waals surface area contributed by atoms with E-state index in [1.54, 1.807) is 20.0 Å². The minimum atomic E-state index is -0.568. The zero-order valence-corrected chi connectivity index (χ0v) is 10.6. The zero-order chi connectivity index (χ0) is 12.2. The lowest BCUT2D eigenvalue weighted by atomic mass is 9.95. The van der Waals surface area contributed by atoms with Crippen molar-refractivity contribution in [2.24, 2.45) is 5.41 Å². The highest BCUT2D eigenvalue weighted by molar-refractivity contribution is 6.19. The van der Waals surface area contributed by atoms with Gasteiger partial charge in [-0.15, -0.1) is 11.6 Å². The molecule has 0 unspecified atom stereocenters. The fourth-order valence-electron chi connectivity index (χ4n) is 1.05. The summed E-state index contributed by atoms with van der Waals surface area (Å²) in [6.07, 6.45) is 2.47. The molecule has 90 valence electrons. The molecule has 4 nitrogen and oxygen atoms in total. The third-order valence-electron chi connectivity index (χ3n) is 2.30. The highest BCUT2D eigenvalue weighted by atomic mass is 35.5. The topological polar surface area (TPSA) is 55.1 Å². The average molecular weight is 245 g/mol. The van der Waals surface area contributed by atoms with Gasteiger partial charge in [0, 0.05) is 12.3 Å². The molecule has 1 amide bonds. The van der Waals surface area contributed by atoms with Crippen LogP contribution in [0.1, 0.15) is 32.4 Å². The van der Waals surface area contributed by atoms with Gasteiger partial charge in [0.25, 0.3) is 0 Å². The quantitative estimate of drug-likeness (QED) is 0.808. The Bertz CT molecular complexity index is 361. The first-order valence-corrected chi connectivity index (χ1v) is 5.81. The first kappa shape index (κ1) is 13.0.